The molecule has 0 atom stereocenters. The number of non-ortho nitro benzene ring substituents is 1. The van der Waals surface area contributed by atoms with Crippen LogP contribution in [-0.2, 0) is 6.54 Å². The third kappa shape index (κ3) is 5.85. The first-order valence-corrected chi connectivity index (χ1v) is 9.21. The van der Waals surface area contributed by atoms with Gasteiger partial charge in [-0.1, -0.05) is 31.5 Å². The number of nitrogens with one attached hydrogen (secondary N) is 1. The van der Waals surface area contributed by atoms with E-state index in [-0.39, 0.29) is 22.8 Å². The highest BCUT2D eigenvalue weighted by molar-refractivity contribution is 6.34. The van der Waals surface area contributed by atoms with Crippen LogP contribution in [0, 0.1) is 16.0 Å². The normalized spacial score (nSPS) is 10.6. The second-order valence-corrected chi connectivity index (χ2v) is 7.03. The third-order valence-electron chi connectivity index (χ3n) is 4.04. The van der Waals surface area contributed by atoms with E-state index in [0.717, 1.165) is 18.1 Å². The standard InChI is InChI=1S/C20H23ClN2O5/c1-13(2)8-9-28-18-7-4-14(10-19(18)27-3)12-22-20(24)16-6-5-15(23(25)26)11-17(16)21/h4-7,10-11,13H,8-9,12H2,1-3H3,(H,22,24). The fourth-order valence-corrected chi connectivity index (χ4v) is 2.69. The number of carbonyl (C=O) groups is 1. The quantitative estimate of drug-likeness (QED) is 0.485. The van der Waals surface area contributed by atoms with Crippen molar-refractivity contribution in [2.75, 3.05) is 13.7 Å². The number of carbonyl (C=O) groups excluding carboxylic acids is 1. The number of nitro benzene ring substituents is 1. The van der Waals surface area contributed by atoms with Crippen molar-refractivity contribution >= 4 is 23.2 Å². The molecule has 0 fully saturated rings. The molecule has 2 aromatic carbocycles. The van der Waals surface area contributed by atoms with E-state index in [1.807, 2.05) is 6.07 Å². The second kappa shape index (κ2) is 9.94. The number of rotatable bonds is 9. The van der Waals surface area contributed by atoms with Crippen LogP contribution < -0.4 is 14.8 Å². The summed E-state index contributed by atoms with van der Waals surface area (Å²) in [5.74, 6) is 1.36. The van der Waals surface area contributed by atoms with Crippen LogP contribution in [0.2, 0.25) is 5.02 Å². The van der Waals surface area contributed by atoms with E-state index in [1.165, 1.54) is 12.1 Å². The molecule has 0 saturated heterocycles. The number of ether oxygens (including phenoxy) is 2. The van der Waals surface area contributed by atoms with Crippen LogP contribution in [0.4, 0.5) is 5.69 Å². The van der Waals surface area contributed by atoms with Gasteiger partial charge in [-0.25, -0.2) is 0 Å². The Balaban J connectivity index is 2.02. The zero-order chi connectivity index (χ0) is 20.7. The van der Waals surface area contributed by atoms with Crippen molar-refractivity contribution in [1.29, 1.82) is 0 Å². The van der Waals surface area contributed by atoms with E-state index >= 15 is 0 Å². The second-order valence-electron chi connectivity index (χ2n) is 6.62. The predicted octanol–water partition coefficient (Wildman–Crippen LogP) is 4.61. The summed E-state index contributed by atoms with van der Waals surface area (Å²) in [7, 11) is 1.56. The smallest absolute Gasteiger partial charge is 0.270 e. The highest BCUT2D eigenvalue weighted by Gasteiger charge is 2.15. The summed E-state index contributed by atoms with van der Waals surface area (Å²) in [4.78, 5) is 22.5. The largest absolute Gasteiger partial charge is 0.493 e. The summed E-state index contributed by atoms with van der Waals surface area (Å²) in [5.41, 5.74) is 0.826. The van der Waals surface area contributed by atoms with Crippen molar-refractivity contribution in [2.45, 2.75) is 26.8 Å². The highest BCUT2D eigenvalue weighted by Crippen LogP contribution is 2.28. The predicted molar refractivity (Wildman–Crippen MR) is 107 cm³/mol. The number of amides is 1. The van der Waals surface area contributed by atoms with Gasteiger partial charge in [-0.2, -0.15) is 0 Å². The first-order chi connectivity index (χ1) is 13.3. The molecule has 1 amide bonds. The van der Waals surface area contributed by atoms with Crippen LogP contribution in [0.3, 0.4) is 0 Å². The summed E-state index contributed by atoms with van der Waals surface area (Å²) in [5, 5.41) is 13.5. The molecule has 0 aliphatic heterocycles. The fourth-order valence-electron chi connectivity index (χ4n) is 2.43. The number of methoxy groups -OCH3 is 1. The van der Waals surface area contributed by atoms with Crippen molar-refractivity contribution in [2.24, 2.45) is 5.92 Å². The van der Waals surface area contributed by atoms with E-state index in [2.05, 4.69) is 19.2 Å². The van der Waals surface area contributed by atoms with Crippen molar-refractivity contribution < 1.29 is 19.2 Å². The van der Waals surface area contributed by atoms with Gasteiger partial charge in [0.15, 0.2) is 11.5 Å². The van der Waals surface area contributed by atoms with Crippen molar-refractivity contribution in [3.05, 3.63) is 62.7 Å². The Morgan fingerprint density at radius 2 is 1.96 bits per heavy atom. The third-order valence-corrected chi connectivity index (χ3v) is 4.35. The average molecular weight is 407 g/mol. The van der Waals surface area contributed by atoms with Gasteiger partial charge >= 0.3 is 0 Å². The summed E-state index contributed by atoms with van der Waals surface area (Å²) in [6.07, 6.45) is 0.941. The molecule has 0 bridgehead atoms. The first kappa shape index (κ1) is 21.5. The molecule has 0 saturated carbocycles. The van der Waals surface area contributed by atoms with E-state index < -0.39 is 10.8 Å². The van der Waals surface area contributed by atoms with E-state index in [1.54, 1.807) is 19.2 Å². The zero-order valence-electron chi connectivity index (χ0n) is 16.0. The Hall–Kier alpha value is -2.80. The number of hydrogen-bond donors (Lipinski definition) is 1. The van der Waals surface area contributed by atoms with Crippen LogP contribution >= 0.6 is 11.6 Å². The molecule has 7 nitrogen and oxygen atoms in total. The maximum absolute atomic E-state index is 12.3. The number of hydrogen-bond acceptors (Lipinski definition) is 5. The molecule has 2 aromatic rings. The minimum atomic E-state index is -0.565. The Kier molecular flexibility index (Phi) is 7.63. The van der Waals surface area contributed by atoms with Crippen molar-refractivity contribution in [1.82, 2.24) is 5.32 Å². The highest BCUT2D eigenvalue weighted by atomic mass is 35.5. The summed E-state index contributed by atoms with van der Waals surface area (Å²) in [6.45, 7) is 5.10. The van der Waals surface area contributed by atoms with Crippen LogP contribution in [0.25, 0.3) is 0 Å². The van der Waals surface area contributed by atoms with Gasteiger partial charge in [0, 0.05) is 18.7 Å². The topological polar surface area (TPSA) is 90.7 Å². The molecule has 0 heterocycles. The Morgan fingerprint density at radius 3 is 2.57 bits per heavy atom. The van der Waals surface area contributed by atoms with Crippen molar-refractivity contribution in [3.8, 4) is 11.5 Å². The minimum Gasteiger partial charge on any atom is -0.493 e. The van der Waals surface area contributed by atoms with Crippen LogP contribution in [-0.4, -0.2) is 24.5 Å². The van der Waals surface area contributed by atoms with Crippen molar-refractivity contribution in [3.63, 3.8) is 0 Å². The van der Waals surface area contributed by atoms with E-state index in [9.17, 15) is 14.9 Å². The Labute approximate surface area is 168 Å². The summed E-state index contributed by atoms with van der Waals surface area (Å²) in [6, 6.07) is 9.17. The average Bonchev–Trinajstić information content (AvgIpc) is 2.66. The number of benzene rings is 2. The number of nitro groups is 1. The maximum Gasteiger partial charge on any atom is 0.270 e. The van der Waals surface area contributed by atoms with Crippen LogP contribution in [0.5, 0.6) is 11.5 Å². The van der Waals surface area contributed by atoms with Gasteiger partial charge in [0.1, 0.15) is 0 Å². The molecule has 150 valence electrons. The van der Waals surface area contributed by atoms with Crippen LogP contribution in [0.1, 0.15) is 36.2 Å². The van der Waals surface area contributed by atoms with Gasteiger partial charge in [0.25, 0.3) is 11.6 Å². The molecule has 0 spiro atoms. The maximum atomic E-state index is 12.3. The van der Waals surface area contributed by atoms with Gasteiger partial charge in [-0.15, -0.1) is 0 Å². The lowest BCUT2D eigenvalue weighted by atomic mass is 10.1. The van der Waals surface area contributed by atoms with Gasteiger partial charge < -0.3 is 14.8 Å². The van der Waals surface area contributed by atoms with Crippen LogP contribution in [0.15, 0.2) is 36.4 Å². The molecule has 28 heavy (non-hydrogen) atoms. The Bertz CT molecular complexity index is 854. The number of nitrogens with zero attached hydrogens (tertiary/aromatic N) is 1. The molecular weight excluding hydrogens is 384 g/mol. The lowest BCUT2D eigenvalue weighted by Gasteiger charge is -2.13. The number of halogens is 1. The molecule has 0 aliphatic carbocycles. The minimum absolute atomic E-state index is 0.0261. The van der Waals surface area contributed by atoms with Gasteiger partial charge in [-0.3, -0.25) is 14.9 Å². The molecule has 0 aromatic heterocycles. The summed E-state index contributed by atoms with van der Waals surface area (Å²) >= 11 is 5.99. The molecule has 2 rings (SSSR count). The van der Waals surface area contributed by atoms with Gasteiger partial charge in [0.05, 0.1) is 29.2 Å². The first-order valence-electron chi connectivity index (χ1n) is 8.83. The van der Waals surface area contributed by atoms with Gasteiger partial charge in [0.2, 0.25) is 0 Å². The zero-order valence-corrected chi connectivity index (χ0v) is 16.8. The fraction of sp³-hybridized carbons (Fsp3) is 0.350. The lowest BCUT2D eigenvalue weighted by molar-refractivity contribution is -0.384. The monoisotopic (exact) mass is 406 g/mol. The Morgan fingerprint density at radius 1 is 1.21 bits per heavy atom. The molecule has 0 unspecified atom stereocenters. The molecule has 8 heteroatoms. The summed E-state index contributed by atoms with van der Waals surface area (Å²) < 4.78 is 11.1. The SMILES string of the molecule is COc1cc(CNC(=O)c2ccc([N+](=O)[O-])cc2Cl)ccc1OCCC(C)C. The van der Waals surface area contributed by atoms with E-state index in [0.29, 0.717) is 24.0 Å². The molecule has 0 radical (unpaired) electrons. The lowest BCUT2D eigenvalue weighted by Crippen LogP contribution is -2.23. The molecule has 0 aliphatic rings. The van der Waals surface area contributed by atoms with Gasteiger partial charge in [-0.05, 0) is 36.1 Å². The molecular formula is C20H23ClN2O5. The van der Waals surface area contributed by atoms with E-state index in [4.69, 9.17) is 21.1 Å². The molecule has 1 N–H and O–H groups in total.